The number of anilines is 2. The Kier molecular flexibility index (Phi) is 8.03. The van der Waals surface area contributed by atoms with Gasteiger partial charge >= 0.3 is 0 Å². The molecule has 0 radical (unpaired) electrons. The van der Waals surface area contributed by atoms with Crippen molar-refractivity contribution in [1.82, 2.24) is 4.90 Å². The van der Waals surface area contributed by atoms with Gasteiger partial charge in [-0.2, -0.15) is 0 Å². The first kappa shape index (κ1) is 19.6. The van der Waals surface area contributed by atoms with Crippen molar-refractivity contribution in [2.45, 2.75) is 12.2 Å². The molecule has 2 N–H and O–H groups in total. The van der Waals surface area contributed by atoms with Crippen LogP contribution in [0.15, 0.2) is 24.3 Å². The van der Waals surface area contributed by atoms with Crippen molar-refractivity contribution < 1.29 is 19.1 Å². The zero-order chi connectivity index (χ0) is 18.1. The molecule has 138 valence electrons. The lowest BCUT2D eigenvalue weighted by molar-refractivity contribution is -0.128. The first-order valence-corrected chi connectivity index (χ1v) is 9.29. The zero-order valence-electron chi connectivity index (χ0n) is 14.6. The first-order chi connectivity index (χ1) is 12.1. The molecule has 1 fully saturated rings. The van der Waals surface area contributed by atoms with Gasteiger partial charge in [0, 0.05) is 31.6 Å². The summed E-state index contributed by atoms with van der Waals surface area (Å²) in [6.07, 6.45) is 0. The number of thioether (sulfide) groups is 1. The zero-order valence-corrected chi connectivity index (χ0v) is 15.4. The van der Waals surface area contributed by atoms with E-state index in [-0.39, 0.29) is 23.7 Å². The number of methoxy groups -OCH3 is 1. The third kappa shape index (κ3) is 6.22. The Bertz CT molecular complexity index is 585. The quantitative estimate of drug-likeness (QED) is 0.612. The molecule has 0 spiro atoms. The highest BCUT2D eigenvalue weighted by Gasteiger charge is 2.30. The second kappa shape index (κ2) is 10.3. The van der Waals surface area contributed by atoms with Crippen LogP contribution in [0.4, 0.5) is 11.4 Å². The van der Waals surface area contributed by atoms with Gasteiger partial charge in [-0.1, -0.05) is 6.07 Å². The van der Waals surface area contributed by atoms with E-state index in [4.69, 9.17) is 9.47 Å². The molecule has 8 heteroatoms. The SMILES string of the molecule is CCN1CSC(CNc2cccc(NC(=O)COCCOC)c2)C1=O. The normalized spacial score (nSPS) is 17.0. The van der Waals surface area contributed by atoms with Gasteiger partial charge in [-0.25, -0.2) is 0 Å². The van der Waals surface area contributed by atoms with E-state index in [2.05, 4.69) is 10.6 Å². The van der Waals surface area contributed by atoms with Crippen molar-refractivity contribution in [3.63, 3.8) is 0 Å². The maximum atomic E-state index is 12.1. The summed E-state index contributed by atoms with van der Waals surface area (Å²) >= 11 is 1.65. The average Bonchev–Trinajstić information content (AvgIpc) is 2.97. The molecule has 7 nitrogen and oxygen atoms in total. The third-order valence-corrected chi connectivity index (χ3v) is 4.93. The van der Waals surface area contributed by atoms with Crippen LogP contribution < -0.4 is 10.6 Å². The topological polar surface area (TPSA) is 79.9 Å². The molecule has 1 unspecified atom stereocenters. The Morgan fingerprint density at radius 2 is 2.16 bits per heavy atom. The van der Waals surface area contributed by atoms with Gasteiger partial charge in [0.15, 0.2) is 0 Å². The second-order valence-electron chi connectivity index (χ2n) is 5.53. The van der Waals surface area contributed by atoms with E-state index in [1.54, 1.807) is 18.9 Å². The van der Waals surface area contributed by atoms with Crippen molar-refractivity contribution in [3.8, 4) is 0 Å². The van der Waals surface area contributed by atoms with Gasteiger partial charge in [0.05, 0.1) is 19.1 Å². The molecule has 0 bridgehead atoms. The minimum absolute atomic E-state index is 0.0128. The summed E-state index contributed by atoms with van der Waals surface area (Å²) in [5.41, 5.74) is 1.55. The maximum absolute atomic E-state index is 12.1. The van der Waals surface area contributed by atoms with Crippen molar-refractivity contribution in [3.05, 3.63) is 24.3 Å². The Morgan fingerprint density at radius 3 is 2.88 bits per heavy atom. The monoisotopic (exact) mass is 367 g/mol. The number of rotatable bonds is 10. The highest BCUT2D eigenvalue weighted by atomic mass is 32.2. The molecule has 1 saturated heterocycles. The summed E-state index contributed by atoms with van der Waals surface area (Å²) in [5.74, 6) is 0.715. The predicted molar refractivity (Wildman–Crippen MR) is 99.9 cm³/mol. The van der Waals surface area contributed by atoms with Gasteiger partial charge in [0.25, 0.3) is 0 Å². The van der Waals surface area contributed by atoms with Crippen LogP contribution in [-0.2, 0) is 19.1 Å². The molecular weight excluding hydrogens is 342 g/mol. The summed E-state index contributed by atoms with van der Waals surface area (Å²) in [5, 5.41) is 5.99. The molecule has 25 heavy (non-hydrogen) atoms. The fourth-order valence-electron chi connectivity index (χ4n) is 2.33. The number of amides is 2. The van der Waals surface area contributed by atoms with Crippen LogP contribution in [0.3, 0.4) is 0 Å². The highest BCUT2D eigenvalue weighted by molar-refractivity contribution is 8.01. The van der Waals surface area contributed by atoms with E-state index in [0.717, 1.165) is 18.1 Å². The van der Waals surface area contributed by atoms with Gasteiger partial charge in [-0.3, -0.25) is 9.59 Å². The minimum Gasteiger partial charge on any atom is -0.383 e. The van der Waals surface area contributed by atoms with Crippen LogP contribution in [0.1, 0.15) is 6.92 Å². The molecule has 2 rings (SSSR count). The van der Waals surface area contributed by atoms with E-state index in [1.807, 2.05) is 36.1 Å². The van der Waals surface area contributed by atoms with Crippen LogP contribution in [0, 0.1) is 0 Å². The molecule has 1 heterocycles. The molecule has 1 aromatic rings. The van der Waals surface area contributed by atoms with Crippen molar-refractivity contribution in [1.29, 1.82) is 0 Å². The van der Waals surface area contributed by atoms with E-state index >= 15 is 0 Å². The molecule has 0 saturated carbocycles. The van der Waals surface area contributed by atoms with Crippen LogP contribution >= 0.6 is 11.8 Å². The molecule has 1 aliphatic rings. The lowest BCUT2D eigenvalue weighted by Crippen LogP contribution is -2.32. The Labute approximate surface area is 152 Å². The molecule has 2 amide bonds. The van der Waals surface area contributed by atoms with Crippen molar-refractivity contribution >= 4 is 35.0 Å². The molecule has 0 aliphatic carbocycles. The molecule has 1 aromatic carbocycles. The number of carbonyl (C=O) groups excluding carboxylic acids is 2. The fraction of sp³-hybridized carbons (Fsp3) is 0.529. The van der Waals surface area contributed by atoms with E-state index in [0.29, 0.717) is 25.4 Å². The van der Waals surface area contributed by atoms with Gasteiger partial charge in [-0.15, -0.1) is 11.8 Å². The first-order valence-electron chi connectivity index (χ1n) is 8.25. The number of benzene rings is 1. The van der Waals surface area contributed by atoms with E-state index < -0.39 is 0 Å². The van der Waals surface area contributed by atoms with Crippen LogP contribution in [0.5, 0.6) is 0 Å². The van der Waals surface area contributed by atoms with Crippen LogP contribution in [0.25, 0.3) is 0 Å². The molecule has 0 aromatic heterocycles. The number of nitrogens with one attached hydrogen (secondary N) is 2. The fourth-order valence-corrected chi connectivity index (χ4v) is 3.50. The molecular formula is C17H25N3O4S. The minimum atomic E-state index is -0.214. The summed E-state index contributed by atoms with van der Waals surface area (Å²) in [6.45, 7) is 4.13. The van der Waals surface area contributed by atoms with Gasteiger partial charge < -0.3 is 25.0 Å². The summed E-state index contributed by atoms with van der Waals surface area (Å²) in [6, 6.07) is 7.42. The standard InChI is InChI=1S/C17H25N3O4S/c1-3-20-12-25-15(17(20)22)10-18-13-5-4-6-14(9-13)19-16(21)11-24-8-7-23-2/h4-6,9,15,18H,3,7-8,10-12H2,1-2H3,(H,19,21). The Balaban J connectivity index is 1.79. The third-order valence-electron chi connectivity index (χ3n) is 3.70. The van der Waals surface area contributed by atoms with Gasteiger partial charge in [0.2, 0.25) is 11.8 Å². The smallest absolute Gasteiger partial charge is 0.250 e. The van der Waals surface area contributed by atoms with Gasteiger partial charge in [0.1, 0.15) is 11.9 Å². The van der Waals surface area contributed by atoms with Crippen LogP contribution in [-0.4, -0.2) is 67.9 Å². The van der Waals surface area contributed by atoms with Crippen LogP contribution in [0.2, 0.25) is 0 Å². The second-order valence-corrected chi connectivity index (χ2v) is 6.69. The number of hydrogen-bond donors (Lipinski definition) is 2. The van der Waals surface area contributed by atoms with E-state index in [1.165, 1.54) is 0 Å². The van der Waals surface area contributed by atoms with Crippen molar-refractivity contribution in [2.75, 3.05) is 56.5 Å². The number of ether oxygens (including phenoxy) is 2. The largest absolute Gasteiger partial charge is 0.383 e. The number of hydrogen-bond acceptors (Lipinski definition) is 6. The highest BCUT2D eigenvalue weighted by Crippen LogP contribution is 2.24. The molecule has 1 aliphatic heterocycles. The van der Waals surface area contributed by atoms with Gasteiger partial charge in [-0.05, 0) is 25.1 Å². The van der Waals surface area contributed by atoms with Crippen molar-refractivity contribution in [2.24, 2.45) is 0 Å². The number of carbonyl (C=O) groups is 2. The predicted octanol–water partition coefficient (Wildman–Crippen LogP) is 1.62. The Morgan fingerprint density at radius 1 is 1.36 bits per heavy atom. The molecule has 1 atom stereocenters. The summed E-state index contributed by atoms with van der Waals surface area (Å²) in [7, 11) is 1.58. The lowest BCUT2D eigenvalue weighted by atomic mass is 10.2. The summed E-state index contributed by atoms with van der Waals surface area (Å²) in [4.78, 5) is 25.8. The van der Waals surface area contributed by atoms with E-state index in [9.17, 15) is 9.59 Å². The summed E-state index contributed by atoms with van der Waals surface area (Å²) < 4.78 is 10.0. The average molecular weight is 367 g/mol. The Hall–Kier alpha value is -1.77. The lowest BCUT2D eigenvalue weighted by Gasteiger charge is -2.14. The number of nitrogens with zero attached hydrogens (tertiary/aromatic N) is 1. The maximum Gasteiger partial charge on any atom is 0.250 e.